The maximum absolute atomic E-state index is 12.5. The van der Waals surface area contributed by atoms with Crippen LogP contribution in [-0.4, -0.2) is 59.1 Å². The Morgan fingerprint density at radius 1 is 1.06 bits per heavy atom. The molecule has 2 aliphatic heterocycles. The second-order valence-electron chi connectivity index (χ2n) is 7.97. The van der Waals surface area contributed by atoms with Gasteiger partial charge >= 0.3 is 0 Å². The molecule has 1 aromatic heterocycles. The standard InChI is InChI=1S/C23H25N3O5/c1-15-10-14-31-20(15)21(28)24-16-8-12-25(13-9-16)19(27)7-4-11-26-22(29)17-5-2-3-6-18(17)23(26)30/h2-3,5-6,10,14,16H,4,7-9,11-13H2,1H3,(H,24,28). The van der Waals surface area contributed by atoms with Crippen molar-refractivity contribution in [2.75, 3.05) is 19.6 Å². The number of imide groups is 1. The lowest BCUT2D eigenvalue weighted by atomic mass is 10.0. The summed E-state index contributed by atoms with van der Waals surface area (Å²) in [6, 6.07) is 8.52. The molecule has 0 aliphatic carbocycles. The van der Waals surface area contributed by atoms with Crippen LogP contribution >= 0.6 is 0 Å². The molecule has 0 unspecified atom stereocenters. The quantitative estimate of drug-likeness (QED) is 0.719. The zero-order chi connectivity index (χ0) is 22.0. The number of aryl methyl sites for hydroxylation is 1. The molecule has 2 aliphatic rings. The van der Waals surface area contributed by atoms with Gasteiger partial charge in [0, 0.05) is 37.7 Å². The molecule has 0 saturated carbocycles. The van der Waals surface area contributed by atoms with Crippen LogP contribution in [0.25, 0.3) is 0 Å². The molecule has 1 saturated heterocycles. The molecule has 0 spiro atoms. The van der Waals surface area contributed by atoms with Crippen LogP contribution in [0.5, 0.6) is 0 Å². The fourth-order valence-electron chi connectivity index (χ4n) is 4.12. The van der Waals surface area contributed by atoms with Crippen molar-refractivity contribution in [3.63, 3.8) is 0 Å². The highest BCUT2D eigenvalue weighted by molar-refractivity contribution is 6.21. The molecule has 31 heavy (non-hydrogen) atoms. The van der Waals surface area contributed by atoms with Gasteiger partial charge in [-0.05, 0) is 44.4 Å². The number of nitrogens with zero attached hydrogens (tertiary/aromatic N) is 2. The van der Waals surface area contributed by atoms with Crippen LogP contribution in [0.2, 0.25) is 0 Å². The predicted molar refractivity (Wildman–Crippen MR) is 112 cm³/mol. The number of carbonyl (C=O) groups excluding carboxylic acids is 4. The molecule has 3 heterocycles. The lowest BCUT2D eigenvalue weighted by Gasteiger charge is -2.32. The van der Waals surface area contributed by atoms with Gasteiger partial charge in [-0.1, -0.05) is 12.1 Å². The summed E-state index contributed by atoms with van der Waals surface area (Å²) in [5.74, 6) is -0.490. The third-order valence-electron chi connectivity index (χ3n) is 5.90. The number of amides is 4. The Balaban J connectivity index is 1.20. The molecular weight excluding hydrogens is 398 g/mol. The van der Waals surface area contributed by atoms with Gasteiger partial charge < -0.3 is 14.6 Å². The molecule has 8 heteroatoms. The summed E-state index contributed by atoms with van der Waals surface area (Å²) >= 11 is 0. The van der Waals surface area contributed by atoms with Crippen molar-refractivity contribution in [2.45, 2.75) is 38.6 Å². The largest absolute Gasteiger partial charge is 0.459 e. The van der Waals surface area contributed by atoms with Crippen LogP contribution in [0.3, 0.4) is 0 Å². The van der Waals surface area contributed by atoms with Crippen LogP contribution in [0.15, 0.2) is 41.0 Å². The van der Waals surface area contributed by atoms with E-state index in [1.54, 1.807) is 35.2 Å². The monoisotopic (exact) mass is 423 g/mol. The van der Waals surface area contributed by atoms with Gasteiger partial charge in [-0.3, -0.25) is 24.1 Å². The van der Waals surface area contributed by atoms with E-state index in [4.69, 9.17) is 4.42 Å². The molecule has 0 radical (unpaired) electrons. The zero-order valence-electron chi connectivity index (χ0n) is 17.4. The first-order valence-electron chi connectivity index (χ1n) is 10.5. The Morgan fingerprint density at radius 3 is 2.29 bits per heavy atom. The number of nitrogens with one attached hydrogen (secondary N) is 1. The summed E-state index contributed by atoms with van der Waals surface area (Å²) in [6.45, 7) is 3.18. The SMILES string of the molecule is Cc1ccoc1C(=O)NC1CCN(C(=O)CCCN2C(=O)c3ccccc3C2=O)CC1. The number of likely N-dealkylation sites (tertiary alicyclic amines) is 1. The van der Waals surface area contributed by atoms with Gasteiger partial charge in [-0.2, -0.15) is 0 Å². The van der Waals surface area contributed by atoms with Crippen molar-refractivity contribution in [1.29, 1.82) is 0 Å². The van der Waals surface area contributed by atoms with Gasteiger partial charge in [-0.25, -0.2) is 0 Å². The minimum atomic E-state index is -0.295. The van der Waals surface area contributed by atoms with Crippen LogP contribution in [0.4, 0.5) is 0 Å². The van der Waals surface area contributed by atoms with Gasteiger partial charge in [0.1, 0.15) is 0 Å². The van der Waals surface area contributed by atoms with Crippen LogP contribution < -0.4 is 5.32 Å². The van der Waals surface area contributed by atoms with Gasteiger partial charge in [0.15, 0.2) is 5.76 Å². The summed E-state index contributed by atoms with van der Waals surface area (Å²) in [5.41, 5.74) is 1.64. The molecule has 1 fully saturated rings. The summed E-state index contributed by atoms with van der Waals surface area (Å²) in [5, 5.41) is 2.97. The number of hydrogen-bond acceptors (Lipinski definition) is 5. The van der Waals surface area contributed by atoms with Crippen molar-refractivity contribution in [1.82, 2.24) is 15.1 Å². The van der Waals surface area contributed by atoms with E-state index in [0.717, 1.165) is 5.56 Å². The Bertz CT molecular complexity index is 985. The third-order valence-corrected chi connectivity index (χ3v) is 5.90. The fourth-order valence-corrected chi connectivity index (χ4v) is 4.12. The normalized spacial score (nSPS) is 16.5. The van der Waals surface area contributed by atoms with Crippen molar-refractivity contribution >= 4 is 23.6 Å². The predicted octanol–water partition coefficient (Wildman–Crippen LogP) is 2.39. The first-order chi connectivity index (χ1) is 15.0. The van der Waals surface area contributed by atoms with Crippen LogP contribution in [0.1, 0.15) is 62.5 Å². The van der Waals surface area contributed by atoms with Crippen LogP contribution in [-0.2, 0) is 4.79 Å². The summed E-state index contributed by atoms with van der Waals surface area (Å²) in [4.78, 5) is 52.6. The van der Waals surface area contributed by atoms with E-state index in [1.165, 1.54) is 11.2 Å². The number of carbonyl (C=O) groups is 4. The van der Waals surface area contributed by atoms with E-state index in [-0.39, 0.29) is 42.6 Å². The van der Waals surface area contributed by atoms with Gasteiger partial charge in [0.25, 0.3) is 17.7 Å². The zero-order valence-corrected chi connectivity index (χ0v) is 17.4. The molecule has 4 rings (SSSR count). The minimum Gasteiger partial charge on any atom is -0.459 e. The fraction of sp³-hybridized carbons (Fsp3) is 0.391. The molecule has 0 atom stereocenters. The second kappa shape index (κ2) is 8.75. The highest BCUT2D eigenvalue weighted by Crippen LogP contribution is 2.23. The first kappa shape index (κ1) is 20.8. The van der Waals surface area contributed by atoms with Gasteiger partial charge in [0.2, 0.25) is 5.91 Å². The Kier molecular flexibility index (Phi) is 5.88. The molecule has 1 aromatic carbocycles. The number of furan rings is 1. The molecule has 2 aromatic rings. The number of piperidine rings is 1. The van der Waals surface area contributed by atoms with E-state index in [0.29, 0.717) is 49.2 Å². The van der Waals surface area contributed by atoms with E-state index in [1.807, 2.05) is 6.92 Å². The summed E-state index contributed by atoms with van der Waals surface area (Å²) < 4.78 is 5.22. The second-order valence-corrected chi connectivity index (χ2v) is 7.97. The average molecular weight is 423 g/mol. The maximum Gasteiger partial charge on any atom is 0.287 e. The molecule has 8 nitrogen and oxygen atoms in total. The van der Waals surface area contributed by atoms with Gasteiger partial charge in [-0.15, -0.1) is 0 Å². The average Bonchev–Trinajstić information content (AvgIpc) is 3.31. The topological polar surface area (TPSA) is 99.9 Å². The van der Waals surface area contributed by atoms with Crippen molar-refractivity contribution in [3.8, 4) is 0 Å². The lowest BCUT2D eigenvalue weighted by molar-refractivity contribution is -0.132. The van der Waals surface area contributed by atoms with E-state index >= 15 is 0 Å². The van der Waals surface area contributed by atoms with Crippen molar-refractivity contribution < 1.29 is 23.6 Å². The first-order valence-corrected chi connectivity index (χ1v) is 10.5. The lowest BCUT2D eigenvalue weighted by Crippen LogP contribution is -2.46. The minimum absolute atomic E-state index is 0.000558. The number of benzene rings is 1. The summed E-state index contributed by atoms with van der Waals surface area (Å²) in [6.07, 6.45) is 3.55. The van der Waals surface area contributed by atoms with Crippen molar-refractivity contribution in [2.24, 2.45) is 0 Å². The molecule has 4 amide bonds. The van der Waals surface area contributed by atoms with Crippen molar-refractivity contribution in [3.05, 3.63) is 59.0 Å². The number of fused-ring (bicyclic) bond motifs is 1. The van der Waals surface area contributed by atoms with E-state index in [2.05, 4.69) is 5.32 Å². The highest BCUT2D eigenvalue weighted by atomic mass is 16.3. The van der Waals surface area contributed by atoms with Gasteiger partial charge in [0.05, 0.1) is 17.4 Å². The van der Waals surface area contributed by atoms with E-state index < -0.39 is 0 Å². The number of hydrogen-bond donors (Lipinski definition) is 1. The summed E-state index contributed by atoms with van der Waals surface area (Å²) in [7, 11) is 0. The Hall–Kier alpha value is -3.42. The smallest absolute Gasteiger partial charge is 0.287 e. The number of rotatable bonds is 6. The molecule has 162 valence electrons. The van der Waals surface area contributed by atoms with E-state index in [9.17, 15) is 19.2 Å². The molecule has 1 N–H and O–H groups in total. The Labute approximate surface area is 180 Å². The highest BCUT2D eigenvalue weighted by Gasteiger charge is 2.34. The third kappa shape index (κ3) is 4.23. The van der Waals surface area contributed by atoms with Crippen LogP contribution in [0, 0.1) is 6.92 Å². The Morgan fingerprint density at radius 2 is 1.71 bits per heavy atom. The maximum atomic E-state index is 12.5. The molecular formula is C23H25N3O5. The molecule has 0 bridgehead atoms.